The molecule has 1 fully saturated rings. The molecule has 0 bridgehead atoms. The van der Waals surface area contributed by atoms with E-state index in [-0.39, 0.29) is 12.4 Å². The largest absolute Gasteiger partial charge is 0.513 e. The maximum Gasteiger partial charge on any atom is 0.513 e. The minimum absolute atomic E-state index is 0.195. The van der Waals surface area contributed by atoms with E-state index in [1.165, 1.54) is 13.2 Å². The lowest BCUT2D eigenvalue weighted by Crippen LogP contribution is -2.11. The van der Waals surface area contributed by atoms with Crippen molar-refractivity contribution in [2.24, 2.45) is 0 Å². The van der Waals surface area contributed by atoms with Crippen molar-refractivity contribution >= 4 is 6.16 Å². The van der Waals surface area contributed by atoms with Gasteiger partial charge in [-0.05, 0) is 60.4 Å². The summed E-state index contributed by atoms with van der Waals surface area (Å²) in [5.74, 6) is 1.17. The third-order valence-electron chi connectivity index (χ3n) is 4.92. The van der Waals surface area contributed by atoms with Crippen LogP contribution in [0.4, 0.5) is 9.18 Å². The third-order valence-corrected chi connectivity index (χ3v) is 4.92. The van der Waals surface area contributed by atoms with Crippen molar-refractivity contribution in [3.05, 3.63) is 58.4 Å². The monoisotopic (exact) mass is 372 g/mol. The third kappa shape index (κ3) is 4.41. The van der Waals surface area contributed by atoms with Crippen LogP contribution in [-0.4, -0.2) is 13.3 Å². The Morgan fingerprint density at radius 2 is 1.85 bits per heavy atom. The van der Waals surface area contributed by atoms with Crippen LogP contribution in [0.2, 0.25) is 0 Å². The van der Waals surface area contributed by atoms with Gasteiger partial charge in [-0.3, -0.25) is 0 Å². The van der Waals surface area contributed by atoms with E-state index in [1.807, 2.05) is 32.0 Å². The Labute approximate surface area is 159 Å². The first kappa shape index (κ1) is 19.2. The molecule has 1 saturated carbocycles. The molecule has 2 aromatic rings. The van der Waals surface area contributed by atoms with Gasteiger partial charge in [0.05, 0.1) is 7.11 Å². The number of benzene rings is 2. The second kappa shape index (κ2) is 8.42. The van der Waals surface area contributed by atoms with E-state index in [0.29, 0.717) is 29.4 Å². The molecule has 0 amide bonds. The Kier molecular flexibility index (Phi) is 5.99. The molecule has 0 heterocycles. The Morgan fingerprint density at radius 3 is 2.48 bits per heavy atom. The average Bonchev–Trinajstić information content (AvgIpc) is 3.51. The number of hydrogen-bond donors (Lipinski definition) is 0. The van der Waals surface area contributed by atoms with Gasteiger partial charge in [-0.1, -0.05) is 26.0 Å². The maximum absolute atomic E-state index is 14.3. The van der Waals surface area contributed by atoms with Crippen LogP contribution in [-0.2, 0) is 24.2 Å². The topological polar surface area (TPSA) is 44.8 Å². The van der Waals surface area contributed by atoms with Crippen molar-refractivity contribution in [1.29, 1.82) is 0 Å². The first-order chi connectivity index (χ1) is 13.1. The van der Waals surface area contributed by atoms with Gasteiger partial charge < -0.3 is 14.2 Å². The van der Waals surface area contributed by atoms with E-state index >= 15 is 0 Å². The molecule has 0 atom stereocenters. The van der Waals surface area contributed by atoms with Crippen molar-refractivity contribution in [2.45, 2.75) is 52.1 Å². The molecule has 2 aromatic carbocycles. The van der Waals surface area contributed by atoms with Gasteiger partial charge in [-0.25, -0.2) is 9.18 Å². The molecule has 0 spiro atoms. The summed E-state index contributed by atoms with van der Waals surface area (Å²) >= 11 is 0. The molecule has 0 aliphatic heterocycles. The Morgan fingerprint density at radius 1 is 1.11 bits per heavy atom. The summed E-state index contributed by atoms with van der Waals surface area (Å²) in [6.45, 7) is 4.16. The van der Waals surface area contributed by atoms with Crippen LogP contribution in [0, 0.1) is 5.82 Å². The first-order valence-corrected chi connectivity index (χ1v) is 9.39. The van der Waals surface area contributed by atoms with E-state index < -0.39 is 6.16 Å². The molecule has 0 N–H and O–H groups in total. The van der Waals surface area contributed by atoms with E-state index in [4.69, 9.17) is 9.47 Å². The Hall–Kier alpha value is -2.56. The van der Waals surface area contributed by atoms with E-state index in [1.54, 1.807) is 6.07 Å². The number of ether oxygens (including phenoxy) is 3. The molecule has 27 heavy (non-hydrogen) atoms. The fraction of sp³-hybridized carbons (Fsp3) is 0.409. The minimum Gasteiger partial charge on any atom is -0.488 e. The summed E-state index contributed by atoms with van der Waals surface area (Å²) in [5.41, 5.74) is 3.56. The molecule has 3 rings (SSSR count). The minimum atomic E-state index is -0.776. The maximum atomic E-state index is 14.3. The Bertz CT molecular complexity index is 827. The first-order valence-electron chi connectivity index (χ1n) is 9.39. The number of rotatable bonds is 7. The lowest BCUT2D eigenvalue weighted by atomic mass is 10.0. The quantitative estimate of drug-likeness (QED) is 0.472. The molecule has 1 aliphatic rings. The molecule has 0 unspecified atom stereocenters. The van der Waals surface area contributed by atoms with Crippen LogP contribution in [0.1, 0.15) is 54.9 Å². The molecule has 0 aromatic heterocycles. The standard InChI is InChI=1S/C22H25FO4/c1-4-14-7-6-8-20(27-22(24)25-3)18(14)13-26-21-12-19(23)15(5-2)11-17(21)16-9-10-16/h6-8,11-12,16H,4-5,9-10,13H2,1-3H3. The van der Waals surface area contributed by atoms with Crippen molar-refractivity contribution < 1.29 is 23.4 Å². The zero-order chi connectivity index (χ0) is 19.4. The molecule has 1 aliphatic carbocycles. The van der Waals surface area contributed by atoms with Crippen LogP contribution in [0.15, 0.2) is 30.3 Å². The summed E-state index contributed by atoms with van der Waals surface area (Å²) in [7, 11) is 1.27. The summed E-state index contributed by atoms with van der Waals surface area (Å²) in [6, 6.07) is 8.91. The highest BCUT2D eigenvalue weighted by Crippen LogP contribution is 2.45. The molecular formula is C22H25FO4. The second-order valence-electron chi connectivity index (χ2n) is 6.70. The Balaban J connectivity index is 1.88. The zero-order valence-corrected chi connectivity index (χ0v) is 16.0. The van der Waals surface area contributed by atoms with Crippen LogP contribution >= 0.6 is 0 Å². The van der Waals surface area contributed by atoms with Crippen LogP contribution in [0.25, 0.3) is 0 Å². The summed E-state index contributed by atoms with van der Waals surface area (Å²) in [5, 5.41) is 0. The number of methoxy groups -OCH3 is 1. The number of carbonyl (C=O) groups excluding carboxylic acids is 1. The predicted molar refractivity (Wildman–Crippen MR) is 101 cm³/mol. The van der Waals surface area contributed by atoms with Gasteiger partial charge in [0.15, 0.2) is 0 Å². The molecule has 5 heteroatoms. The van der Waals surface area contributed by atoms with E-state index in [2.05, 4.69) is 4.74 Å². The van der Waals surface area contributed by atoms with Crippen LogP contribution < -0.4 is 9.47 Å². The fourth-order valence-corrected chi connectivity index (χ4v) is 3.21. The zero-order valence-electron chi connectivity index (χ0n) is 16.0. The lowest BCUT2D eigenvalue weighted by molar-refractivity contribution is 0.120. The van der Waals surface area contributed by atoms with Crippen molar-refractivity contribution in [3.8, 4) is 11.5 Å². The summed E-state index contributed by atoms with van der Waals surface area (Å²) in [6.07, 6.45) is 2.85. The smallest absolute Gasteiger partial charge is 0.488 e. The van der Waals surface area contributed by atoms with Crippen LogP contribution in [0.5, 0.6) is 11.5 Å². The van der Waals surface area contributed by atoms with Gasteiger partial charge in [0.1, 0.15) is 23.9 Å². The molecule has 0 saturated heterocycles. The highest BCUT2D eigenvalue weighted by atomic mass is 19.1. The normalized spacial score (nSPS) is 13.3. The molecular weight excluding hydrogens is 347 g/mol. The van der Waals surface area contributed by atoms with Gasteiger partial charge in [-0.2, -0.15) is 0 Å². The van der Waals surface area contributed by atoms with Crippen molar-refractivity contribution in [1.82, 2.24) is 0 Å². The van der Waals surface area contributed by atoms with Crippen molar-refractivity contribution in [3.63, 3.8) is 0 Å². The van der Waals surface area contributed by atoms with Gasteiger partial charge in [-0.15, -0.1) is 0 Å². The molecule has 144 valence electrons. The number of aryl methyl sites for hydroxylation is 2. The fourth-order valence-electron chi connectivity index (χ4n) is 3.21. The van der Waals surface area contributed by atoms with Gasteiger partial charge in [0, 0.05) is 11.6 Å². The summed E-state index contributed by atoms with van der Waals surface area (Å²) < 4.78 is 30.2. The summed E-state index contributed by atoms with van der Waals surface area (Å²) in [4.78, 5) is 11.5. The van der Waals surface area contributed by atoms with E-state index in [0.717, 1.165) is 36.0 Å². The van der Waals surface area contributed by atoms with Gasteiger partial charge in [0.2, 0.25) is 0 Å². The average molecular weight is 372 g/mol. The predicted octanol–water partition coefficient (Wildman–Crippen LogP) is 5.55. The van der Waals surface area contributed by atoms with E-state index in [9.17, 15) is 9.18 Å². The number of hydrogen-bond acceptors (Lipinski definition) is 4. The lowest BCUT2D eigenvalue weighted by Gasteiger charge is -2.17. The SMILES string of the molecule is CCc1cc(C2CC2)c(OCc2c(CC)cccc2OC(=O)OC)cc1F. The molecule has 0 radical (unpaired) electrons. The van der Waals surface area contributed by atoms with Gasteiger partial charge in [0.25, 0.3) is 0 Å². The molecule has 4 nitrogen and oxygen atoms in total. The highest BCUT2D eigenvalue weighted by molar-refractivity contribution is 5.64. The highest BCUT2D eigenvalue weighted by Gasteiger charge is 2.28. The number of halogens is 1. The van der Waals surface area contributed by atoms with Gasteiger partial charge >= 0.3 is 6.16 Å². The second-order valence-corrected chi connectivity index (χ2v) is 6.70. The number of carbonyl (C=O) groups is 1. The van der Waals surface area contributed by atoms with Crippen LogP contribution in [0.3, 0.4) is 0 Å². The van der Waals surface area contributed by atoms with Crippen molar-refractivity contribution in [2.75, 3.05) is 7.11 Å².